The molecule has 21 heavy (non-hydrogen) atoms. The van der Waals surface area contributed by atoms with Gasteiger partial charge in [0.1, 0.15) is 5.60 Å². The third-order valence-corrected chi connectivity index (χ3v) is 2.62. The number of carbonyl (C=O) groups is 2. The summed E-state index contributed by atoms with van der Waals surface area (Å²) >= 11 is 0. The lowest BCUT2D eigenvalue weighted by molar-refractivity contribution is 0.0490. The molecule has 1 amide bonds. The average molecular weight is 299 g/mol. The van der Waals surface area contributed by atoms with Gasteiger partial charge >= 0.3 is 6.09 Å². The molecule has 1 aromatic rings. The minimum Gasteiger partial charge on any atom is -0.444 e. The number of benzene rings is 1. The molecule has 0 radical (unpaired) electrons. The normalized spacial score (nSPS) is 12.7. The van der Waals surface area contributed by atoms with Gasteiger partial charge in [-0.25, -0.2) is 13.6 Å². The van der Waals surface area contributed by atoms with Crippen molar-refractivity contribution in [3.63, 3.8) is 0 Å². The van der Waals surface area contributed by atoms with E-state index < -0.39 is 35.2 Å². The Balaban J connectivity index is 2.82. The Morgan fingerprint density at radius 1 is 1.24 bits per heavy atom. The monoisotopic (exact) mass is 299 g/mol. The molecule has 1 unspecified atom stereocenters. The molecule has 1 N–H and O–H groups in total. The van der Waals surface area contributed by atoms with Gasteiger partial charge in [-0.05, 0) is 45.4 Å². The number of rotatable bonds is 4. The summed E-state index contributed by atoms with van der Waals surface area (Å²) in [6, 6.07) is 2.02. The van der Waals surface area contributed by atoms with Crippen LogP contribution in [-0.4, -0.2) is 23.5 Å². The largest absolute Gasteiger partial charge is 0.444 e. The minimum absolute atomic E-state index is 0.00295. The van der Waals surface area contributed by atoms with E-state index in [1.807, 2.05) is 0 Å². The van der Waals surface area contributed by atoms with Crippen LogP contribution in [0.5, 0.6) is 0 Å². The highest BCUT2D eigenvalue weighted by Gasteiger charge is 2.24. The standard InChI is InChI=1S/C15H19F2NO3/c1-5-12(18-14(20)21-15(2,3)4)13(19)9-6-7-10(16)11(17)8-9/h6-8,12H,5H2,1-4H3,(H,18,20). The third kappa shape index (κ3) is 5.13. The molecule has 116 valence electrons. The van der Waals surface area contributed by atoms with Crippen molar-refractivity contribution >= 4 is 11.9 Å². The van der Waals surface area contributed by atoms with E-state index in [2.05, 4.69) is 5.32 Å². The number of halogens is 2. The summed E-state index contributed by atoms with van der Waals surface area (Å²) < 4.78 is 31.1. The predicted molar refractivity (Wildman–Crippen MR) is 74.1 cm³/mol. The Labute approximate surface area is 122 Å². The van der Waals surface area contributed by atoms with Crippen molar-refractivity contribution in [1.82, 2.24) is 5.32 Å². The maximum absolute atomic E-state index is 13.2. The fourth-order valence-corrected chi connectivity index (χ4v) is 1.65. The van der Waals surface area contributed by atoms with E-state index in [1.54, 1.807) is 27.7 Å². The maximum Gasteiger partial charge on any atom is 0.408 e. The van der Waals surface area contributed by atoms with Crippen LogP contribution in [-0.2, 0) is 4.74 Å². The number of amides is 1. The fourth-order valence-electron chi connectivity index (χ4n) is 1.65. The van der Waals surface area contributed by atoms with Gasteiger partial charge in [0, 0.05) is 5.56 Å². The summed E-state index contributed by atoms with van der Waals surface area (Å²) in [4.78, 5) is 23.8. The van der Waals surface area contributed by atoms with Gasteiger partial charge in [-0.3, -0.25) is 4.79 Å². The molecule has 0 aromatic heterocycles. The second-order valence-electron chi connectivity index (χ2n) is 5.60. The first kappa shape index (κ1) is 17.1. The van der Waals surface area contributed by atoms with Crippen LogP contribution in [0.3, 0.4) is 0 Å². The molecule has 0 aliphatic heterocycles. The topological polar surface area (TPSA) is 55.4 Å². The van der Waals surface area contributed by atoms with Gasteiger partial charge in [-0.15, -0.1) is 0 Å². The summed E-state index contributed by atoms with van der Waals surface area (Å²) in [5, 5.41) is 2.43. The molecule has 1 aromatic carbocycles. The molecule has 1 rings (SSSR count). The van der Waals surface area contributed by atoms with E-state index in [0.717, 1.165) is 12.1 Å². The molecule has 0 aliphatic carbocycles. The highest BCUT2D eigenvalue weighted by molar-refractivity contribution is 6.01. The number of hydrogen-bond acceptors (Lipinski definition) is 3. The quantitative estimate of drug-likeness (QED) is 0.866. The molecule has 0 aliphatic rings. The van der Waals surface area contributed by atoms with Crippen molar-refractivity contribution in [1.29, 1.82) is 0 Å². The molecule has 0 saturated carbocycles. The van der Waals surface area contributed by atoms with E-state index in [-0.39, 0.29) is 5.56 Å². The predicted octanol–water partition coefficient (Wildman–Crippen LogP) is 3.45. The van der Waals surface area contributed by atoms with Crippen LogP contribution in [0.4, 0.5) is 13.6 Å². The van der Waals surface area contributed by atoms with Crippen LogP contribution >= 0.6 is 0 Å². The summed E-state index contributed by atoms with van der Waals surface area (Å²) in [7, 11) is 0. The molecule has 0 heterocycles. The summed E-state index contributed by atoms with van der Waals surface area (Å²) in [5.74, 6) is -2.63. The lowest BCUT2D eigenvalue weighted by Crippen LogP contribution is -2.43. The number of nitrogens with one attached hydrogen (secondary N) is 1. The van der Waals surface area contributed by atoms with Gasteiger partial charge in [0.25, 0.3) is 0 Å². The Kier molecular flexibility index (Phi) is 5.41. The first-order valence-corrected chi connectivity index (χ1v) is 6.63. The van der Waals surface area contributed by atoms with Crippen LogP contribution in [0.1, 0.15) is 44.5 Å². The Bertz CT molecular complexity index is 538. The molecular weight excluding hydrogens is 280 g/mol. The summed E-state index contributed by atoms with van der Waals surface area (Å²) in [6.45, 7) is 6.79. The van der Waals surface area contributed by atoms with Gasteiger partial charge in [-0.1, -0.05) is 6.92 Å². The van der Waals surface area contributed by atoms with E-state index in [1.165, 1.54) is 6.07 Å². The molecule has 1 atom stereocenters. The molecule has 4 nitrogen and oxygen atoms in total. The van der Waals surface area contributed by atoms with Crippen LogP contribution in [0.2, 0.25) is 0 Å². The number of ketones is 1. The molecule has 0 spiro atoms. The zero-order chi connectivity index (χ0) is 16.2. The maximum atomic E-state index is 13.2. The van der Waals surface area contributed by atoms with Crippen LogP contribution < -0.4 is 5.32 Å². The first-order valence-electron chi connectivity index (χ1n) is 6.63. The zero-order valence-electron chi connectivity index (χ0n) is 12.5. The van der Waals surface area contributed by atoms with Gasteiger partial charge < -0.3 is 10.1 Å². The second-order valence-corrected chi connectivity index (χ2v) is 5.60. The lowest BCUT2D eigenvalue weighted by atomic mass is 10.0. The van der Waals surface area contributed by atoms with Crippen molar-refractivity contribution in [2.45, 2.75) is 45.8 Å². The van der Waals surface area contributed by atoms with Gasteiger partial charge in [-0.2, -0.15) is 0 Å². The second kappa shape index (κ2) is 6.65. The third-order valence-electron chi connectivity index (χ3n) is 2.62. The zero-order valence-corrected chi connectivity index (χ0v) is 12.5. The average Bonchev–Trinajstić information content (AvgIpc) is 2.36. The number of alkyl carbamates (subject to hydrolysis) is 1. The Morgan fingerprint density at radius 3 is 2.33 bits per heavy atom. The van der Waals surface area contributed by atoms with E-state index in [0.29, 0.717) is 6.42 Å². The molecule has 0 fully saturated rings. The first-order chi connectivity index (χ1) is 9.64. The lowest BCUT2D eigenvalue weighted by Gasteiger charge is -2.22. The van der Waals surface area contributed by atoms with Crippen molar-refractivity contribution in [3.8, 4) is 0 Å². The number of carbonyl (C=O) groups excluding carboxylic acids is 2. The highest BCUT2D eigenvalue weighted by Crippen LogP contribution is 2.13. The Hall–Kier alpha value is -1.98. The fraction of sp³-hybridized carbons (Fsp3) is 0.467. The van der Waals surface area contributed by atoms with Gasteiger partial charge in [0.2, 0.25) is 0 Å². The SMILES string of the molecule is CCC(NC(=O)OC(C)(C)C)C(=O)c1ccc(F)c(F)c1. The number of ether oxygens (including phenoxy) is 1. The smallest absolute Gasteiger partial charge is 0.408 e. The molecule has 6 heteroatoms. The molecule has 0 saturated heterocycles. The summed E-state index contributed by atoms with van der Waals surface area (Å²) in [6.07, 6.45) is -0.429. The van der Waals surface area contributed by atoms with E-state index >= 15 is 0 Å². The highest BCUT2D eigenvalue weighted by atomic mass is 19.2. The van der Waals surface area contributed by atoms with Gasteiger partial charge in [0.05, 0.1) is 6.04 Å². The molecular formula is C15H19F2NO3. The number of hydrogen-bond donors (Lipinski definition) is 1. The van der Waals surface area contributed by atoms with Crippen molar-refractivity contribution in [3.05, 3.63) is 35.4 Å². The minimum atomic E-state index is -1.10. The Morgan fingerprint density at radius 2 is 1.86 bits per heavy atom. The van der Waals surface area contributed by atoms with Crippen molar-refractivity contribution in [2.24, 2.45) is 0 Å². The van der Waals surface area contributed by atoms with Gasteiger partial charge in [0.15, 0.2) is 17.4 Å². The van der Waals surface area contributed by atoms with E-state index in [9.17, 15) is 18.4 Å². The molecule has 0 bridgehead atoms. The van der Waals surface area contributed by atoms with Crippen LogP contribution in [0, 0.1) is 11.6 Å². The van der Waals surface area contributed by atoms with Crippen LogP contribution in [0.15, 0.2) is 18.2 Å². The van der Waals surface area contributed by atoms with Crippen molar-refractivity contribution < 1.29 is 23.1 Å². The summed E-state index contributed by atoms with van der Waals surface area (Å²) in [5.41, 5.74) is -0.690. The van der Waals surface area contributed by atoms with E-state index in [4.69, 9.17) is 4.74 Å². The van der Waals surface area contributed by atoms with Crippen LogP contribution in [0.25, 0.3) is 0 Å². The number of Topliss-reactive ketones (excluding diaryl/α,β-unsaturated/α-hetero) is 1. The van der Waals surface area contributed by atoms with Crippen molar-refractivity contribution in [2.75, 3.05) is 0 Å².